The van der Waals surface area contributed by atoms with Crippen LogP contribution in [0.2, 0.25) is 10.0 Å². The van der Waals surface area contributed by atoms with Gasteiger partial charge in [-0.05, 0) is 48.0 Å². The third-order valence-electron chi connectivity index (χ3n) is 4.43. The van der Waals surface area contributed by atoms with E-state index in [0.29, 0.717) is 5.56 Å². The summed E-state index contributed by atoms with van der Waals surface area (Å²) in [5, 5.41) is 0.167. The summed E-state index contributed by atoms with van der Waals surface area (Å²) in [6, 6.07) is 10.1. The molecular weight excluding hydrogens is 474 g/mol. The maximum absolute atomic E-state index is 13.0. The first-order valence-electron chi connectivity index (χ1n) is 8.71. The zero-order chi connectivity index (χ0) is 23.0. The van der Waals surface area contributed by atoms with Crippen LogP contribution in [-0.4, -0.2) is 25.4 Å². The Labute approximate surface area is 186 Å². The van der Waals surface area contributed by atoms with E-state index in [0.717, 1.165) is 24.6 Å². The number of sulfone groups is 1. The average Bonchev–Trinajstić information content (AvgIpc) is 2.68. The molecule has 10 heteroatoms. The summed E-state index contributed by atoms with van der Waals surface area (Å²) in [7, 11) is -3.48. The van der Waals surface area contributed by atoms with E-state index >= 15 is 0 Å². The zero-order valence-electron chi connectivity index (χ0n) is 15.9. The van der Waals surface area contributed by atoms with Gasteiger partial charge in [-0.2, -0.15) is 13.2 Å². The normalized spacial score (nSPS) is 12.1. The lowest BCUT2D eigenvalue weighted by Crippen LogP contribution is -2.07. The second kappa shape index (κ2) is 8.61. The smallest absolute Gasteiger partial charge is 0.294 e. The fourth-order valence-corrected chi connectivity index (χ4v) is 4.08. The minimum absolute atomic E-state index is 0.0124. The van der Waals surface area contributed by atoms with Gasteiger partial charge in [0.2, 0.25) is 0 Å². The van der Waals surface area contributed by atoms with E-state index in [4.69, 9.17) is 23.2 Å². The number of Topliss-reactive ketones (excluding diaryl/α,β-unsaturated/α-hetero) is 1. The maximum Gasteiger partial charge on any atom is 0.416 e. The van der Waals surface area contributed by atoms with Crippen LogP contribution in [0.5, 0.6) is 0 Å². The quantitative estimate of drug-likeness (QED) is 0.420. The second-order valence-corrected chi connectivity index (χ2v) is 9.59. The maximum atomic E-state index is 13.0. The van der Waals surface area contributed by atoms with Gasteiger partial charge in [0.05, 0.1) is 21.2 Å². The van der Waals surface area contributed by atoms with Crippen LogP contribution in [-0.2, 0) is 22.4 Å². The number of rotatable bonds is 5. The number of halogens is 5. The molecule has 0 radical (unpaired) electrons. The molecule has 0 atom stereocenters. The first kappa shape index (κ1) is 23.2. The number of aromatic nitrogens is 1. The predicted octanol–water partition coefficient (Wildman–Crippen LogP) is 5.90. The summed E-state index contributed by atoms with van der Waals surface area (Å²) >= 11 is 12.2. The molecular formula is C21H14Cl2F3NO3S. The molecule has 162 valence electrons. The fourth-order valence-electron chi connectivity index (χ4n) is 2.87. The number of benzene rings is 2. The second-order valence-electron chi connectivity index (χ2n) is 6.76. The number of pyridine rings is 1. The summed E-state index contributed by atoms with van der Waals surface area (Å²) in [6.45, 7) is 0. The summed E-state index contributed by atoms with van der Waals surface area (Å²) in [4.78, 5) is 16.6. The minimum atomic E-state index is -4.54. The van der Waals surface area contributed by atoms with E-state index in [1.807, 2.05) is 0 Å². The largest absolute Gasteiger partial charge is 0.416 e. The first-order chi connectivity index (χ1) is 14.4. The van der Waals surface area contributed by atoms with Crippen LogP contribution in [0, 0.1) is 0 Å². The molecule has 0 saturated carbocycles. The van der Waals surface area contributed by atoms with Crippen LogP contribution >= 0.6 is 23.2 Å². The highest BCUT2D eigenvalue weighted by Gasteiger charge is 2.31. The Morgan fingerprint density at radius 3 is 2.32 bits per heavy atom. The molecule has 0 aliphatic rings. The van der Waals surface area contributed by atoms with E-state index in [1.165, 1.54) is 30.3 Å². The molecule has 2 aromatic carbocycles. The average molecular weight is 488 g/mol. The molecule has 0 amide bonds. The van der Waals surface area contributed by atoms with Crippen molar-refractivity contribution in [2.24, 2.45) is 0 Å². The van der Waals surface area contributed by atoms with Crippen molar-refractivity contribution in [1.29, 1.82) is 0 Å². The summed E-state index contributed by atoms with van der Waals surface area (Å²) in [5.74, 6) is -0.393. The number of carbonyl (C=O) groups is 1. The van der Waals surface area contributed by atoms with Gasteiger partial charge in [0.25, 0.3) is 0 Å². The van der Waals surface area contributed by atoms with E-state index in [2.05, 4.69) is 4.98 Å². The van der Waals surface area contributed by atoms with Crippen molar-refractivity contribution in [3.8, 4) is 11.3 Å². The van der Waals surface area contributed by atoms with Crippen molar-refractivity contribution in [1.82, 2.24) is 4.98 Å². The summed E-state index contributed by atoms with van der Waals surface area (Å²) < 4.78 is 62.3. The molecule has 1 aromatic heterocycles. The predicted molar refractivity (Wildman–Crippen MR) is 112 cm³/mol. The molecule has 4 nitrogen and oxygen atoms in total. The molecule has 0 fully saturated rings. The van der Waals surface area contributed by atoms with Crippen molar-refractivity contribution >= 4 is 38.8 Å². The van der Waals surface area contributed by atoms with E-state index in [9.17, 15) is 26.4 Å². The van der Waals surface area contributed by atoms with Gasteiger partial charge in [-0.25, -0.2) is 8.42 Å². The highest BCUT2D eigenvalue weighted by atomic mass is 35.5. The van der Waals surface area contributed by atoms with Crippen LogP contribution < -0.4 is 0 Å². The van der Waals surface area contributed by atoms with Gasteiger partial charge in [0, 0.05) is 35.0 Å². The number of hydrogen-bond donors (Lipinski definition) is 0. The molecule has 0 saturated heterocycles. The molecule has 31 heavy (non-hydrogen) atoms. The first-order valence-corrected chi connectivity index (χ1v) is 11.4. The lowest BCUT2D eigenvalue weighted by molar-refractivity contribution is -0.137. The molecule has 0 aliphatic carbocycles. The van der Waals surface area contributed by atoms with E-state index in [1.54, 1.807) is 6.07 Å². The van der Waals surface area contributed by atoms with Crippen molar-refractivity contribution in [2.75, 3.05) is 6.26 Å². The highest BCUT2D eigenvalue weighted by molar-refractivity contribution is 7.90. The van der Waals surface area contributed by atoms with Crippen molar-refractivity contribution < 1.29 is 26.4 Å². The van der Waals surface area contributed by atoms with Crippen molar-refractivity contribution in [2.45, 2.75) is 17.5 Å². The molecule has 0 unspecified atom stereocenters. The zero-order valence-corrected chi connectivity index (χ0v) is 18.2. The monoisotopic (exact) mass is 487 g/mol. The van der Waals surface area contributed by atoms with Gasteiger partial charge in [0.15, 0.2) is 15.6 Å². The lowest BCUT2D eigenvalue weighted by Gasteiger charge is -2.11. The number of ketones is 1. The molecule has 0 aliphatic heterocycles. The van der Waals surface area contributed by atoms with Gasteiger partial charge < -0.3 is 0 Å². The Kier molecular flexibility index (Phi) is 6.45. The van der Waals surface area contributed by atoms with Crippen LogP contribution in [0.3, 0.4) is 0 Å². The van der Waals surface area contributed by atoms with Crippen LogP contribution in [0.1, 0.15) is 21.5 Å². The Hall–Kier alpha value is -2.42. The van der Waals surface area contributed by atoms with Gasteiger partial charge in [0.1, 0.15) is 0 Å². The highest BCUT2D eigenvalue weighted by Crippen LogP contribution is 2.34. The van der Waals surface area contributed by atoms with Gasteiger partial charge in [-0.1, -0.05) is 29.3 Å². The Morgan fingerprint density at radius 1 is 1.00 bits per heavy atom. The van der Waals surface area contributed by atoms with Crippen molar-refractivity contribution in [3.05, 3.63) is 81.5 Å². The topological polar surface area (TPSA) is 64.1 Å². The van der Waals surface area contributed by atoms with Crippen LogP contribution in [0.4, 0.5) is 13.2 Å². The van der Waals surface area contributed by atoms with E-state index in [-0.39, 0.29) is 38.2 Å². The Bertz CT molecular complexity index is 1280. The minimum Gasteiger partial charge on any atom is -0.294 e. The fraction of sp³-hybridized carbons (Fsp3) is 0.143. The number of hydrogen-bond acceptors (Lipinski definition) is 4. The molecule has 1 heterocycles. The Balaban J connectivity index is 1.92. The SMILES string of the molecule is CS(=O)(=O)c1ccc(C(=O)Cc2ccc(Cl)c(-c3cc(C(F)(F)F)ccn3)c2)c(Cl)c1. The molecule has 0 N–H and O–H groups in total. The Morgan fingerprint density at radius 2 is 1.71 bits per heavy atom. The molecule has 0 bridgehead atoms. The number of alkyl halides is 3. The third kappa shape index (κ3) is 5.44. The summed E-state index contributed by atoms with van der Waals surface area (Å²) in [5.41, 5.74) is 0.00340. The third-order valence-corrected chi connectivity index (χ3v) is 6.18. The van der Waals surface area contributed by atoms with Crippen LogP contribution in [0.15, 0.2) is 59.6 Å². The molecule has 0 spiro atoms. The van der Waals surface area contributed by atoms with Crippen LogP contribution in [0.25, 0.3) is 11.3 Å². The summed E-state index contributed by atoms with van der Waals surface area (Å²) in [6.07, 6.45) is -2.60. The van der Waals surface area contributed by atoms with Gasteiger partial charge in [-0.3, -0.25) is 9.78 Å². The standard InChI is InChI=1S/C21H14Cl2F3NO3S/c1-31(29,30)14-3-4-15(18(23)11-14)20(28)9-12-2-5-17(22)16(8-12)19-10-13(6-7-27-19)21(24,25)26/h2-8,10-11H,9H2,1H3. The van der Waals surface area contributed by atoms with Gasteiger partial charge >= 0.3 is 6.18 Å². The lowest BCUT2D eigenvalue weighted by atomic mass is 9.99. The van der Waals surface area contributed by atoms with Crippen molar-refractivity contribution in [3.63, 3.8) is 0 Å². The number of carbonyl (C=O) groups excluding carboxylic acids is 1. The number of nitrogens with zero attached hydrogens (tertiary/aromatic N) is 1. The molecule has 3 rings (SSSR count). The van der Waals surface area contributed by atoms with Gasteiger partial charge in [-0.15, -0.1) is 0 Å². The molecule has 3 aromatic rings. The van der Waals surface area contributed by atoms with E-state index < -0.39 is 27.4 Å².